The van der Waals surface area contributed by atoms with Crippen molar-refractivity contribution >= 4 is 27.5 Å². The van der Waals surface area contributed by atoms with Gasteiger partial charge < -0.3 is 5.32 Å². The van der Waals surface area contributed by atoms with E-state index in [-0.39, 0.29) is 5.91 Å². The summed E-state index contributed by atoms with van der Waals surface area (Å²) in [5.74, 6) is 0.0324. The van der Waals surface area contributed by atoms with Gasteiger partial charge in [-0.1, -0.05) is 40.5 Å². The predicted molar refractivity (Wildman–Crippen MR) is 74.1 cm³/mol. The van der Waals surface area contributed by atoms with E-state index in [9.17, 15) is 4.79 Å². The Kier molecular flexibility index (Phi) is 4.37. The Morgan fingerprint density at radius 1 is 1.06 bits per heavy atom. The molecule has 90 valence electrons. The lowest BCUT2D eigenvalue weighted by Gasteiger charge is -2.09. The van der Waals surface area contributed by atoms with Crippen LogP contribution in [0.2, 0.25) is 0 Å². The van der Waals surface area contributed by atoms with Crippen molar-refractivity contribution in [2.45, 2.75) is 32.1 Å². The second-order valence-corrected chi connectivity index (χ2v) is 5.22. The number of halogens is 1. The number of amides is 1. The van der Waals surface area contributed by atoms with Crippen molar-refractivity contribution < 1.29 is 4.79 Å². The summed E-state index contributed by atoms with van der Waals surface area (Å²) < 4.78 is 1.07. The van der Waals surface area contributed by atoms with Crippen LogP contribution in [0.3, 0.4) is 0 Å². The van der Waals surface area contributed by atoms with Crippen molar-refractivity contribution in [2.75, 3.05) is 5.32 Å². The fourth-order valence-corrected chi connectivity index (χ4v) is 2.67. The zero-order valence-corrected chi connectivity index (χ0v) is 11.3. The van der Waals surface area contributed by atoms with Crippen molar-refractivity contribution in [1.29, 1.82) is 0 Å². The number of hydrogen-bond acceptors (Lipinski definition) is 1. The number of rotatable bonds is 2. The third kappa shape index (κ3) is 3.43. The molecule has 0 saturated heterocycles. The highest BCUT2D eigenvalue weighted by Gasteiger charge is 2.16. The minimum absolute atomic E-state index is 0.0324. The van der Waals surface area contributed by atoms with Crippen LogP contribution in [0.5, 0.6) is 0 Å². The molecular weight excluding hydrogens is 278 g/mol. The zero-order valence-electron chi connectivity index (χ0n) is 9.71. The molecule has 1 aliphatic carbocycles. The third-order valence-electron chi connectivity index (χ3n) is 2.96. The molecule has 1 aromatic carbocycles. The largest absolute Gasteiger partial charge is 0.322 e. The van der Waals surface area contributed by atoms with Crippen LogP contribution >= 0.6 is 15.9 Å². The van der Waals surface area contributed by atoms with E-state index in [0.717, 1.165) is 35.0 Å². The topological polar surface area (TPSA) is 29.1 Å². The van der Waals surface area contributed by atoms with Crippen molar-refractivity contribution in [2.24, 2.45) is 0 Å². The van der Waals surface area contributed by atoms with Gasteiger partial charge in [0.25, 0.3) is 5.91 Å². The van der Waals surface area contributed by atoms with Gasteiger partial charge in [0.2, 0.25) is 0 Å². The molecule has 2 nitrogen and oxygen atoms in total. The fourth-order valence-electron chi connectivity index (χ4n) is 2.01. The number of allylic oxidation sites excluding steroid dienone is 1. The smallest absolute Gasteiger partial charge is 0.252 e. The van der Waals surface area contributed by atoms with Crippen molar-refractivity contribution in [1.82, 2.24) is 0 Å². The number of benzene rings is 1. The molecular formula is C14H16BrNO. The van der Waals surface area contributed by atoms with Crippen LogP contribution < -0.4 is 5.32 Å². The Labute approximate surface area is 110 Å². The SMILES string of the molecule is O=C(Nc1ccccc1)C1=C(Br)CCCCC1. The predicted octanol–water partition coefficient (Wildman–Crippen LogP) is 4.24. The second kappa shape index (κ2) is 6.01. The summed E-state index contributed by atoms with van der Waals surface area (Å²) in [4.78, 5) is 12.1. The molecule has 3 heteroatoms. The van der Waals surface area contributed by atoms with Gasteiger partial charge in [-0.3, -0.25) is 4.79 Å². The monoisotopic (exact) mass is 293 g/mol. The van der Waals surface area contributed by atoms with Crippen LogP contribution in [-0.4, -0.2) is 5.91 Å². The summed E-state index contributed by atoms with van der Waals surface area (Å²) in [5, 5.41) is 2.94. The highest BCUT2D eigenvalue weighted by molar-refractivity contribution is 9.11. The molecule has 0 unspecified atom stereocenters. The summed E-state index contributed by atoms with van der Waals surface area (Å²) in [7, 11) is 0. The van der Waals surface area contributed by atoms with Gasteiger partial charge in [-0.25, -0.2) is 0 Å². The van der Waals surface area contributed by atoms with E-state index < -0.39 is 0 Å². The summed E-state index contributed by atoms with van der Waals surface area (Å²) in [6.07, 6.45) is 5.34. The maximum Gasteiger partial charge on any atom is 0.252 e. The Morgan fingerprint density at radius 3 is 2.53 bits per heavy atom. The number of carbonyl (C=O) groups excluding carboxylic acids is 1. The van der Waals surface area contributed by atoms with Gasteiger partial charge in [0.05, 0.1) is 0 Å². The molecule has 1 N–H and O–H groups in total. The van der Waals surface area contributed by atoms with E-state index in [1.54, 1.807) is 0 Å². The summed E-state index contributed by atoms with van der Waals surface area (Å²) in [5.41, 5.74) is 1.76. The Balaban J connectivity index is 2.09. The van der Waals surface area contributed by atoms with E-state index in [0.29, 0.717) is 0 Å². The zero-order chi connectivity index (χ0) is 12.1. The molecule has 0 atom stereocenters. The van der Waals surface area contributed by atoms with Gasteiger partial charge in [0.15, 0.2) is 0 Å². The van der Waals surface area contributed by atoms with Gasteiger partial charge >= 0.3 is 0 Å². The summed E-state index contributed by atoms with van der Waals surface area (Å²) in [6.45, 7) is 0. The van der Waals surface area contributed by atoms with Crippen molar-refractivity contribution in [3.05, 3.63) is 40.4 Å². The first-order valence-corrected chi connectivity index (χ1v) is 6.80. The number of carbonyl (C=O) groups is 1. The lowest BCUT2D eigenvalue weighted by molar-refractivity contribution is -0.113. The average Bonchev–Trinajstić information content (AvgIpc) is 2.55. The molecule has 0 aliphatic heterocycles. The highest BCUT2D eigenvalue weighted by Crippen LogP contribution is 2.28. The summed E-state index contributed by atoms with van der Waals surface area (Å²) in [6, 6.07) is 9.60. The molecule has 1 aromatic rings. The first-order valence-electron chi connectivity index (χ1n) is 6.01. The maximum absolute atomic E-state index is 12.1. The number of nitrogens with one attached hydrogen (secondary N) is 1. The molecule has 1 aliphatic rings. The Morgan fingerprint density at radius 2 is 1.76 bits per heavy atom. The Bertz CT molecular complexity index is 425. The van der Waals surface area contributed by atoms with Crippen LogP contribution in [0.15, 0.2) is 40.4 Å². The van der Waals surface area contributed by atoms with Crippen molar-refractivity contribution in [3.8, 4) is 0 Å². The number of para-hydroxylation sites is 1. The standard InChI is InChI=1S/C14H16BrNO/c15-13-10-6-2-5-9-12(13)14(17)16-11-7-3-1-4-8-11/h1,3-4,7-8H,2,5-6,9-10H2,(H,16,17). The minimum Gasteiger partial charge on any atom is -0.322 e. The number of hydrogen-bond donors (Lipinski definition) is 1. The molecule has 0 bridgehead atoms. The number of anilines is 1. The average molecular weight is 294 g/mol. The lowest BCUT2D eigenvalue weighted by atomic mass is 10.1. The molecule has 0 spiro atoms. The molecule has 0 heterocycles. The summed E-state index contributed by atoms with van der Waals surface area (Å²) >= 11 is 3.54. The quantitative estimate of drug-likeness (QED) is 0.868. The second-order valence-electron chi connectivity index (χ2n) is 4.26. The van der Waals surface area contributed by atoms with Gasteiger partial charge in [-0.15, -0.1) is 0 Å². The molecule has 2 rings (SSSR count). The highest BCUT2D eigenvalue weighted by atomic mass is 79.9. The van der Waals surface area contributed by atoms with Crippen LogP contribution in [0.25, 0.3) is 0 Å². The molecule has 0 fully saturated rings. The van der Waals surface area contributed by atoms with Gasteiger partial charge in [-0.2, -0.15) is 0 Å². The van der Waals surface area contributed by atoms with Gasteiger partial charge in [0, 0.05) is 15.7 Å². The minimum atomic E-state index is 0.0324. The molecule has 0 radical (unpaired) electrons. The molecule has 1 amide bonds. The Hall–Kier alpha value is -1.09. The molecule has 17 heavy (non-hydrogen) atoms. The van der Waals surface area contributed by atoms with Crippen LogP contribution in [0, 0.1) is 0 Å². The van der Waals surface area contributed by atoms with Gasteiger partial charge in [0.1, 0.15) is 0 Å². The van der Waals surface area contributed by atoms with Crippen molar-refractivity contribution in [3.63, 3.8) is 0 Å². The lowest BCUT2D eigenvalue weighted by Crippen LogP contribution is -2.15. The first-order chi connectivity index (χ1) is 8.27. The van der Waals surface area contributed by atoms with Crippen LogP contribution in [0.4, 0.5) is 5.69 Å². The van der Waals surface area contributed by atoms with E-state index in [2.05, 4.69) is 21.2 Å². The van der Waals surface area contributed by atoms with Crippen LogP contribution in [-0.2, 0) is 4.79 Å². The van der Waals surface area contributed by atoms with E-state index in [1.165, 1.54) is 12.8 Å². The first kappa shape index (κ1) is 12.4. The maximum atomic E-state index is 12.1. The van der Waals surface area contributed by atoms with E-state index >= 15 is 0 Å². The van der Waals surface area contributed by atoms with E-state index in [1.807, 2.05) is 30.3 Å². The van der Waals surface area contributed by atoms with Gasteiger partial charge in [-0.05, 0) is 37.8 Å². The fraction of sp³-hybridized carbons (Fsp3) is 0.357. The molecule has 0 aromatic heterocycles. The third-order valence-corrected chi connectivity index (χ3v) is 3.83. The molecule has 0 saturated carbocycles. The van der Waals surface area contributed by atoms with E-state index in [4.69, 9.17) is 0 Å². The van der Waals surface area contributed by atoms with Crippen LogP contribution in [0.1, 0.15) is 32.1 Å². The normalized spacial score (nSPS) is 16.5.